The zero-order valence-corrected chi connectivity index (χ0v) is 14.2. The molecule has 7 heteroatoms. The third kappa shape index (κ3) is 5.01. The topological polar surface area (TPSA) is 77.0 Å². The second kappa shape index (κ2) is 8.09. The van der Waals surface area contributed by atoms with E-state index in [0.29, 0.717) is 22.3 Å². The maximum atomic E-state index is 11.9. The Bertz CT molecular complexity index is 735. The molecule has 1 heterocycles. The SMILES string of the molecule is O=C(Cc1ccc(Cl)cc1)NC[C@@H](O)COc1ccc2c(c1)OCO2. The number of hydrogen-bond donors (Lipinski definition) is 2. The number of amides is 1. The number of aliphatic hydroxyl groups is 1. The Morgan fingerprint density at radius 3 is 2.76 bits per heavy atom. The predicted octanol–water partition coefficient (Wildman–Crippen LogP) is 2.17. The molecule has 1 aliphatic heterocycles. The smallest absolute Gasteiger partial charge is 0.231 e. The van der Waals surface area contributed by atoms with E-state index in [-0.39, 0.29) is 32.3 Å². The Balaban J connectivity index is 1.39. The van der Waals surface area contributed by atoms with Crippen LogP contribution in [0.5, 0.6) is 17.2 Å². The summed E-state index contributed by atoms with van der Waals surface area (Å²) in [5.74, 6) is 1.67. The van der Waals surface area contributed by atoms with Gasteiger partial charge in [0.1, 0.15) is 18.5 Å². The number of hydrogen-bond acceptors (Lipinski definition) is 5. The number of fused-ring (bicyclic) bond motifs is 1. The first-order valence-corrected chi connectivity index (χ1v) is 8.19. The van der Waals surface area contributed by atoms with Gasteiger partial charge < -0.3 is 24.6 Å². The number of carbonyl (C=O) groups excluding carboxylic acids is 1. The highest BCUT2D eigenvalue weighted by Crippen LogP contribution is 2.35. The van der Waals surface area contributed by atoms with E-state index in [1.807, 2.05) is 0 Å². The van der Waals surface area contributed by atoms with Crippen LogP contribution in [0.2, 0.25) is 5.02 Å². The average Bonchev–Trinajstić information content (AvgIpc) is 3.08. The number of nitrogens with one attached hydrogen (secondary N) is 1. The molecule has 0 aromatic heterocycles. The molecule has 132 valence electrons. The third-order valence-electron chi connectivity index (χ3n) is 3.60. The minimum absolute atomic E-state index is 0.0564. The number of carbonyl (C=O) groups is 1. The Morgan fingerprint density at radius 1 is 1.20 bits per heavy atom. The maximum Gasteiger partial charge on any atom is 0.231 e. The summed E-state index contributed by atoms with van der Waals surface area (Å²) in [6.45, 7) is 0.360. The van der Waals surface area contributed by atoms with Crippen molar-refractivity contribution in [3.05, 3.63) is 53.1 Å². The second-order valence-corrected chi connectivity index (χ2v) is 6.02. The lowest BCUT2D eigenvalue weighted by molar-refractivity contribution is -0.121. The van der Waals surface area contributed by atoms with E-state index in [4.69, 9.17) is 25.8 Å². The molecule has 0 fully saturated rings. The molecule has 1 atom stereocenters. The number of halogens is 1. The van der Waals surface area contributed by atoms with Crippen molar-refractivity contribution in [2.75, 3.05) is 19.9 Å². The minimum Gasteiger partial charge on any atom is -0.491 e. The van der Waals surface area contributed by atoms with Crippen molar-refractivity contribution in [3.63, 3.8) is 0 Å². The molecule has 6 nitrogen and oxygen atoms in total. The first kappa shape index (κ1) is 17.4. The molecule has 1 aliphatic rings. The molecular formula is C18H18ClNO5. The number of rotatable bonds is 7. The molecule has 2 N–H and O–H groups in total. The van der Waals surface area contributed by atoms with Crippen molar-refractivity contribution >= 4 is 17.5 Å². The molecule has 2 aromatic carbocycles. The van der Waals surface area contributed by atoms with Gasteiger partial charge in [-0.25, -0.2) is 0 Å². The zero-order valence-electron chi connectivity index (χ0n) is 13.4. The van der Waals surface area contributed by atoms with Gasteiger partial charge in [0.2, 0.25) is 12.7 Å². The van der Waals surface area contributed by atoms with Crippen molar-refractivity contribution in [2.24, 2.45) is 0 Å². The van der Waals surface area contributed by atoms with Crippen LogP contribution in [-0.2, 0) is 11.2 Å². The van der Waals surface area contributed by atoms with Gasteiger partial charge in [0.15, 0.2) is 11.5 Å². The van der Waals surface area contributed by atoms with Gasteiger partial charge >= 0.3 is 0 Å². The van der Waals surface area contributed by atoms with Crippen LogP contribution in [0.4, 0.5) is 0 Å². The van der Waals surface area contributed by atoms with E-state index >= 15 is 0 Å². The van der Waals surface area contributed by atoms with Gasteiger partial charge in [0.25, 0.3) is 0 Å². The molecular weight excluding hydrogens is 346 g/mol. The molecule has 0 bridgehead atoms. The highest BCUT2D eigenvalue weighted by molar-refractivity contribution is 6.30. The standard InChI is InChI=1S/C18H18ClNO5/c19-13-3-1-12(2-4-13)7-18(22)20-9-14(21)10-23-15-5-6-16-17(8-15)25-11-24-16/h1-6,8,14,21H,7,9-11H2,(H,20,22)/t14-/m1/s1. The summed E-state index contributed by atoms with van der Waals surface area (Å²) in [6, 6.07) is 12.2. The fourth-order valence-corrected chi connectivity index (χ4v) is 2.43. The summed E-state index contributed by atoms with van der Waals surface area (Å²) in [6.07, 6.45) is -0.591. The highest BCUT2D eigenvalue weighted by atomic mass is 35.5. The predicted molar refractivity (Wildman–Crippen MR) is 92.2 cm³/mol. The number of aliphatic hydroxyl groups excluding tert-OH is 1. The third-order valence-corrected chi connectivity index (χ3v) is 3.85. The van der Waals surface area contributed by atoms with E-state index in [9.17, 15) is 9.90 Å². The summed E-state index contributed by atoms with van der Waals surface area (Å²) in [5.41, 5.74) is 0.855. The van der Waals surface area contributed by atoms with Crippen molar-refractivity contribution < 1.29 is 24.1 Å². The fraction of sp³-hybridized carbons (Fsp3) is 0.278. The summed E-state index contributed by atoms with van der Waals surface area (Å²) in [5, 5.41) is 13.2. The monoisotopic (exact) mass is 363 g/mol. The van der Waals surface area contributed by atoms with Crippen LogP contribution in [0.1, 0.15) is 5.56 Å². The first-order chi connectivity index (χ1) is 12.1. The quantitative estimate of drug-likeness (QED) is 0.788. The zero-order chi connectivity index (χ0) is 17.6. The molecule has 2 aromatic rings. The van der Waals surface area contributed by atoms with Crippen LogP contribution >= 0.6 is 11.6 Å². The van der Waals surface area contributed by atoms with Crippen LogP contribution in [0.25, 0.3) is 0 Å². The second-order valence-electron chi connectivity index (χ2n) is 5.59. The number of ether oxygens (including phenoxy) is 3. The van der Waals surface area contributed by atoms with Crippen LogP contribution < -0.4 is 19.5 Å². The van der Waals surface area contributed by atoms with Crippen LogP contribution in [0.3, 0.4) is 0 Å². The summed E-state index contributed by atoms with van der Waals surface area (Å²) in [7, 11) is 0. The average molecular weight is 364 g/mol. The highest BCUT2D eigenvalue weighted by Gasteiger charge is 2.14. The summed E-state index contributed by atoms with van der Waals surface area (Å²) >= 11 is 5.81. The number of benzene rings is 2. The van der Waals surface area contributed by atoms with Crippen LogP contribution in [0.15, 0.2) is 42.5 Å². The lowest BCUT2D eigenvalue weighted by atomic mass is 10.1. The Hall–Kier alpha value is -2.44. The lowest BCUT2D eigenvalue weighted by Gasteiger charge is -2.13. The normalized spacial score (nSPS) is 13.4. The van der Waals surface area contributed by atoms with Gasteiger partial charge in [-0.15, -0.1) is 0 Å². The van der Waals surface area contributed by atoms with Crippen molar-refractivity contribution in [2.45, 2.75) is 12.5 Å². The molecule has 1 amide bonds. The van der Waals surface area contributed by atoms with E-state index in [2.05, 4.69) is 5.32 Å². The molecule has 0 spiro atoms. The van der Waals surface area contributed by atoms with Gasteiger partial charge in [-0.05, 0) is 29.8 Å². The van der Waals surface area contributed by atoms with E-state index in [0.717, 1.165) is 5.56 Å². The molecule has 0 unspecified atom stereocenters. The maximum absolute atomic E-state index is 11.9. The molecule has 0 saturated heterocycles. The summed E-state index contributed by atoms with van der Waals surface area (Å²) in [4.78, 5) is 11.9. The Labute approximate surface area is 150 Å². The van der Waals surface area contributed by atoms with Crippen LogP contribution in [-0.4, -0.2) is 37.1 Å². The first-order valence-electron chi connectivity index (χ1n) is 7.82. The van der Waals surface area contributed by atoms with E-state index < -0.39 is 6.10 Å². The van der Waals surface area contributed by atoms with Crippen molar-refractivity contribution in [1.82, 2.24) is 5.32 Å². The molecule has 25 heavy (non-hydrogen) atoms. The molecule has 0 radical (unpaired) electrons. The molecule has 3 rings (SSSR count). The Morgan fingerprint density at radius 2 is 1.96 bits per heavy atom. The van der Waals surface area contributed by atoms with Gasteiger partial charge in [0, 0.05) is 17.6 Å². The fourth-order valence-electron chi connectivity index (χ4n) is 2.30. The van der Waals surface area contributed by atoms with Crippen LogP contribution in [0, 0.1) is 0 Å². The lowest BCUT2D eigenvalue weighted by Crippen LogP contribution is -2.36. The van der Waals surface area contributed by atoms with Gasteiger partial charge in [-0.3, -0.25) is 4.79 Å². The largest absolute Gasteiger partial charge is 0.491 e. The Kier molecular flexibility index (Phi) is 5.63. The molecule has 0 aliphatic carbocycles. The van der Waals surface area contributed by atoms with Gasteiger partial charge in [-0.2, -0.15) is 0 Å². The van der Waals surface area contributed by atoms with Crippen molar-refractivity contribution in [1.29, 1.82) is 0 Å². The van der Waals surface area contributed by atoms with Gasteiger partial charge in [-0.1, -0.05) is 23.7 Å². The van der Waals surface area contributed by atoms with E-state index in [1.165, 1.54) is 0 Å². The van der Waals surface area contributed by atoms with Crippen molar-refractivity contribution in [3.8, 4) is 17.2 Å². The van der Waals surface area contributed by atoms with E-state index in [1.54, 1.807) is 42.5 Å². The van der Waals surface area contributed by atoms with Gasteiger partial charge in [0.05, 0.1) is 6.42 Å². The minimum atomic E-state index is -0.820. The summed E-state index contributed by atoms with van der Waals surface area (Å²) < 4.78 is 16.0. The molecule has 0 saturated carbocycles.